The van der Waals surface area contributed by atoms with E-state index in [0.717, 1.165) is 16.9 Å². The quantitative estimate of drug-likeness (QED) is 0.570. The molecule has 1 amide bonds. The van der Waals surface area contributed by atoms with Crippen LogP contribution in [0.4, 0.5) is 0 Å². The van der Waals surface area contributed by atoms with E-state index in [-0.39, 0.29) is 11.9 Å². The molecule has 0 bridgehead atoms. The summed E-state index contributed by atoms with van der Waals surface area (Å²) in [6, 6.07) is 27.4. The smallest absolute Gasteiger partial charge is 0.251 e. The van der Waals surface area contributed by atoms with Crippen LogP contribution in [-0.4, -0.2) is 15.5 Å². The Hall–Kier alpha value is -3.40. The number of carbonyl (C=O) groups excluding carboxylic acids is 1. The maximum Gasteiger partial charge on any atom is 0.251 e. The average molecular weight is 355 g/mol. The highest BCUT2D eigenvalue weighted by molar-refractivity contribution is 5.94. The zero-order chi connectivity index (χ0) is 18.6. The summed E-state index contributed by atoms with van der Waals surface area (Å²) >= 11 is 0. The number of fused-ring (bicyclic) bond motifs is 1. The van der Waals surface area contributed by atoms with Crippen molar-refractivity contribution in [1.29, 1.82) is 0 Å². The van der Waals surface area contributed by atoms with Gasteiger partial charge >= 0.3 is 0 Å². The lowest BCUT2D eigenvalue weighted by atomic mass is 10.2. The number of nitrogens with zero attached hydrogens (tertiary/aromatic N) is 2. The molecule has 4 heteroatoms. The van der Waals surface area contributed by atoms with Crippen LogP contribution in [0.1, 0.15) is 34.7 Å². The Morgan fingerprint density at radius 1 is 0.926 bits per heavy atom. The lowest BCUT2D eigenvalue weighted by Crippen LogP contribution is -2.28. The average Bonchev–Trinajstić information content (AvgIpc) is 3.08. The van der Waals surface area contributed by atoms with Gasteiger partial charge in [-0.3, -0.25) is 4.79 Å². The molecule has 0 saturated heterocycles. The summed E-state index contributed by atoms with van der Waals surface area (Å²) in [7, 11) is 0. The molecule has 1 unspecified atom stereocenters. The second-order valence-electron chi connectivity index (χ2n) is 6.59. The third-order valence-corrected chi connectivity index (χ3v) is 4.64. The van der Waals surface area contributed by atoms with E-state index in [1.807, 2.05) is 73.7 Å². The van der Waals surface area contributed by atoms with Crippen LogP contribution in [0.5, 0.6) is 0 Å². The summed E-state index contributed by atoms with van der Waals surface area (Å²) in [6.07, 6.45) is 0. The van der Waals surface area contributed by atoms with Gasteiger partial charge in [0.1, 0.15) is 5.82 Å². The maximum absolute atomic E-state index is 12.6. The van der Waals surface area contributed by atoms with Crippen LogP contribution in [-0.2, 0) is 6.54 Å². The van der Waals surface area contributed by atoms with Gasteiger partial charge in [0.2, 0.25) is 0 Å². The summed E-state index contributed by atoms with van der Waals surface area (Å²) in [6.45, 7) is 2.69. The first-order chi connectivity index (χ1) is 13.2. The molecule has 4 aromatic rings. The first-order valence-electron chi connectivity index (χ1n) is 9.07. The van der Waals surface area contributed by atoms with Gasteiger partial charge in [-0.1, -0.05) is 60.7 Å². The monoisotopic (exact) mass is 355 g/mol. The molecule has 1 aromatic heterocycles. The number of para-hydroxylation sites is 2. The van der Waals surface area contributed by atoms with E-state index in [1.165, 1.54) is 5.56 Å². The molecule has 134 valence electrons. The molecule has 4 nitrogen and oxygen atoms in total. The second-order valence-corrected chi connectivity index (χ2v) is 6.59. The standard InChI is InChI=1S/C23H21N3O/c1-17(24-23(27)19-12-6-3-7-13-19)22-25-20-14-8-9-15-21(20)26(22)16-18-10-4-2-5-11-18/h2-15,17H,16H2,1H3,(H,24,27). The van der Waals surface area contributed by atoms with Crippen molar-refractivity contribution >= 4 is 16.9 Å². The Balaban J connectivity index is 1.68. The van der Waals surface area contributed by atoms with Gasteiger partial charge in [-0.2, -0.15) is 0 Å². The summed E-state index contributed by atoms with van der Waals surface area (Å²) in [5.74, 6) is 0.755. The van der Waals surface area contributed by atoms with Gasteiger partial charge in [0.15, 0.2) is 0 Å². The molecule has 0 saturated carbocycles. The summed E-state index contributed by atoms with van der Waals surface area (Å²) in [5.41, 5.74) is 3.85. The number of amides is 1. The molecule has 1 heterocycles. The van der Waals surface area contributed by atoms with Crippen molar-refractivity contribution in [3.8, 4) is 0 Å². The van der Waals surface area contributed by atoms with Gasteiger partial charge in [-0.15, -0.1) is 0 Å². The molecule has 0 spiro atoms. The zero-order valence-corrected chi connectivity index (χ0v) is 15.2. The van der Waals surface area contributed by atoms with Gasteiger partial charge < -0.3 is 9.88 Å². The highest BCUT2D eigenvalue weighted by Crippen LogP contribution is 2.22. The van der Waals surface area contributed by atoms with Crippen LogP contribution in [0.15, 0.2) is 84.9 Å². The van der Waals surface area contributed by atoms with Gasteiger partial charge in [-0.25, -0.2) is 4.98 Å². The SMILES string of the molecule is CC(NC(=O)c1ccccc1)c1nc2ccccc2n1Cc1ccccc1. The molecule has 4 rings (SSSR count). The topological polar surface area (TPSA) is 46.9 Å². The molecule has 0 aliphatic rings. The Labute approximate surface area is 158 Å². The number of rotatable bonds is 5. The molecular weight excluding hydrogens is 334 g/mol. The molecular formula is C23H21N3O. The predicted molar refractivity (Wildman–Crippen MR) is 108 cm³/mol. The molecule has 0 fully saturated rings. The molecule has 0 radical (unpaired) electrons. The normalized spacial score (nSPS) is 12.0. The number of hydrogen-bond acceptors (Lipinski definition) is 2. The molecule has 0 aliphatic heterocycles. The lowest BCUT2D eigenvalue weighted by Gasteiger charge is -2.16. The van der Waals surface area contributed by atoms with E-state index in [9.17, 15) is 4.79 Å². The number of benzene rings is 3. The van der Waals surface area contributed by atoms with Crippen molar-refractivity contribution in [1.82, 2.24) is 14.9 Å². The highest BCUT2D eigenvalue weighted by Gasteiger charge is 2.19. The van der Waals surface area contributed by atoms with E-state index < -0.39 is 0 Å². The Morgan fingerprint density at radius 3 is 2.30 bits per heavy atom. The summed E-state index contributed by atoms with van der Waals surface area (Å²) in [4.78, 5) is 17.4. The predicted octanol–water partition coefficient (Wildman–Crippen LogP) is 4.58. The van der Waals surface area contributed by atoms with Crippen molar-refractivity contribution < 1.29 is 4.79 Å². The fourth-order valence-electron chi connectivity index (χ4n) is 3.29. The van der Waals surface area contributed by atoms with Gasteiger partial charge in [0, 0.05) is 12.1 Å². The van der Waals surface area contributed by atoms with Crippen molar-refractivity contribution in [3.63, 3.8) is 0 Å². The Kier molecular flexibility index (Phi) is 4.71. The minimum Gasteiger partial charge on any atom is -0.342 e. The molecule has 3 aromatic carbocycles. The van der Waals surface area contributed by atoms with Crippen molar-refractivity contribution in [2.24, 2.45) is 0 Å². The van der Waals surface area contributed by atoms with Crippen LogP contribution in [0.25, 0.3) is 11.0 Å². The second kappa shape index (κ2) is 7.46. The largest absolute Gasteiger partial charge is 0.342 e. The van der Waals surface area contributed by atoms with Crippen LogP contribution >= 0.6 is 0 Å². The van der Waals surface area contributed by atoms with Crippen LogP contribution in [0.3, 0.4) is 0 Å². The number of aromatic nitrogens is 2. The van der Waals surface area contributed by atoms with E-state index in [1.54, 1.807) is 0 Å². The third-order valence-electron chi connectivity index (χ3n) is 4.64. The third kappa shape index (κ3) is 3.60. The van der Waals surface area contributed by atoms with E-state index in [2.05, 4.69) is 28.1 Å². The highest BCUT2D eigenvalue weighted by atomic mass is 16.1. The molecule has 1 atom stereocenters. The fraction of sp³-hybridized carbons (Fsp3) is 0.130. The van der Waals surface area contributed by atoms with Gasteiger partial charge in [-0.05, 0) is 36.8 Å². The van der Waals surface area contributed by atoms with E-state index in [4.69, 9.17) is 4.98 Å². The Bertz CT molecular complexity index is 1050. The van der Waals surface area contributed by atoms with Crippen molar-refractivity contribution in [2.45, 2.75) is 19.5 Å². The van der Waals surface area contributed by atoms with Crippen LogP contribution < -0.4 is 5.32 Å². The molecule has 1 N–H and O–H groups in total. The first kappa shape index (κ1) is 17.0. The summed E-state index contributed by atoms with van der Waals surface area (Å²) < 4.78 is 2.18. The first-order valence-corrected chi connectivity index (χ1v) is 9.07. The summed E-state index contributed by atoms with van der Waals surface area (Å²) in [5, 5.41) is 3.08. The van der Waals surface area contributed by atoms with Gasteiger partial charge in [0.05, 0.1) is 17.1 Å². The number of hydrogen-bond donors (Lipinski definition) is 1. The minimum absolute atomic E-state index is 0.0959. The number of imidazole rings is 1. The molecule has 27 heavy (non-hydrogen) atoms. The minimum atomic E-state index is -0.214. The van der Waals surface area contributed by atoms with Crippen LogP contribution in [0, 0.1) is 0 Å². The van der Waals surface area contributed by atoms with E-state index >= 15 is 0 Å². The Morgan fingerprint density at radius 2 is 1.56 bits per heavy atom. The molecule has 0 aliphatic carbocycles. The zero-order valence-electron chi connectivity index (χ0n) is 15.2. The fourth-order valence-corrected chi connectivity index (χ4v) is 3.29. The van der Waals surface area contributed by atoms with Crippen molar-refractivity contribution in [3.05, 3.63) is 102 Å². The van der Waals surface area contributed by atoms with Gasteiger partial charge in [0.25, 0.3) is 5.91 Å². The number of nitrogens with one attached hydrogen (secondary N) is 1. The lowest BCUT2D eigenvalue weighted by molar-refractivity contribution is 0.0938. The maximum atomic E-state index is 12.6. The van der Waals surface area contributed by atoms with Crippen molar-refractivity contribution in [2.75, 3.05) is 0 Å². The van der Waals surface area contributed by atoms with E-state index in [0.29, 0.717) is 12.1 Å². The number of carbonyl (C=O) groups is 1. The van der Waals surface area contributed by atoms with Crippen LogP contribution in [0.2, 0.25) is 0 Å².